The Bertz CT molecular complexity index is 416. The first kappa shape index (κ1) is 12.7. The SMILES string of the molecule is NC(=S)c1ccc(NCCC2CCC2)cc1Cl. The van der Waals surface area contributed by atoms with E-state index in [-0.39, 0.29) is 0 Å². The van der Waals surface area contributed by atoms with E-state index in [1.54, 1.807) is 0 Å². The summed E-state index contributed by atoms with van der Waals surface area (Å²) in [5, 5.41) is 4.00. The van der Waals surface area contributed by atoms with Crippen molar-refractivity contribution < 1.29 is 0 Å². The summed E-state index contributed by atoms with van der Waals surface area (Å²) in [6, 6.07) is 5.73. The standard InChI is InChI=1S/C13H17ClN2S/c14-12-8-10(4-5-11(12)13(15)17)16-7-6-9-2-1-3-9/h4-5,8-9,16H,1-3,6-7H2,(H2,15,17). The highest BCUT2D eigenvalue weighted by Gasteiger charge is 2.16. The van der Waals surface area contributed by atoms with Gasteiger partial charge in [-0.2, -0.15) is 0 Å². The van der Waals surface area contributed by atoms with Crippen LogP contribution in [0.3, 0.4) is 0 Å². The van der Waals surface area contributed by atoms with Crippen LogP contribution in [-0.2, 0) is 0 Å². The molecular formula is C13H17ClN2S. The van der Waals surface area contributed by atoms with Crippen LogP contribution < -0.4 is 11.1 Å². The zero-order chi connectivity index (χ0) is 12.3. The van der Waals surface area contributed by atoms with E-state index in [9.17, 15) is 0 Å². The molecule has 1 fully saturated rings. The molecule has 0 saturated heterocycles. The van der Waals surface area contributed by atoms with Crippen LogP contribution in [0.4, 0.5) is 5.69 Å². The average molecular weight is 269 g/mol. The van der Waals surface area contributed by atoms with Crippen molar-refractivity contribution in [2.24, 2.45) is 11.7 Å². The van der Waals surface area contributed by atoms with Gasteiger partial charge in [0.05, 0.1) is 5.02 Å². The van der Waals surface area contributed by atoms with Crippen molar-refractivity contribution in [1.82, 2.24) is 0 Å². The summed E-state index contributed by atoms with van der Waals surface area (Å²) in [6.07, 6.45) is 5.43. The van der Waals surface area contributed by atoms with Gasteiger partial charge in [0.25, 0.3) is 0 Å². The lowest BCUT2D eigenvalue weighted by Gasteiger charge is -2.25. The molecule has 0 spiro atoms. The lowest BCUT2D eigenvalue weighted by atomic mass is 9.83. The Hall–Kier alpha value is -0.800. The number of anilines is 1. The quantitative estimate of drug-likeness (QED) is 0.802. The van der Waals surface area contributed by atoms with E-state index in [1.807, 2.05) is 18.2 Å². The van der Waals surface area contributed by atoms with Crippen LogP contribution >= 0.6 is 23.8 Å². The molecular weight excluding hydrogens is 252 g/mol. The fraction of sp³-hybridized carbons (Fsp3) is 0.462. The predicted molar refractivity (Wildman–Crippen MR) is 77.8 cm³/mol. The normalized spacial score (nSPS) is 15.4. The van der Waals surface area contributed by atoms with Crippen LogP contribution in [0.25, 0.3) is 0 Å². The van der Waals surface area contributed by atoms with Gasteiger partial charge in [0.2, 0.25) is 0 Å². The molecule has 17 heavy (non-hydrogen) atoms. The monoisotopic (exact) mass is 268 g/mol. The molecule has 0 bridgehead atoms. The van der Waals surface area contributed by atoms with Gasteiger partial charge in [0.15, 0.2) is 0 Å². The van der Waals surface area contributed by atoms with E-state index in [0.29, 0.717) is 10.0 Å². The summed E-state index contributed by atoms with van der Waals surface area (Å²) >= 11 is 11.0. The number of nitrogens with one attached hydrogen (secondary N) is 1. The molecule has 2 rings (SSSR count). The topological polar surface area (TPSA) is 38.0 Å². The van der Waals surface area contributed by atoms with Gasteiger partial charge in [0, 0.05) is 17.8 Å². The van der Waals surface area contributed by atoms with Gasteiger partial charge in [-0.05, 0) is 30.5 Å². The number of hydrogen-bond acceptors (Lipinski definition) is 2. The second-order valence-corrected chi connectivity index (χ2v) is 5.42. The van der Waals surface area contributed by atoms with Crippen molar-refractivity contribution in [3.8, 4) is 0 Å². The molecule has 2 nitrogen and oxygen atoms in total. The van der Waals surface area contributed by atoms with Crippen LogP contribution in [0.5, 0.6) is 0 Å². The number of benzene rings is 1. The summed E-state index contributed by atoms with van der Waals surface area (Å²) < 4.78 is 0. The third-order valence-corrected chi connectivity index (χ3v) is 3.87. The first-order valence-corrected chi connectivity index (χ1v) is 6.78. The molecule has 0 aliphatic heterocycles. The van der Waals surface area contributed by atoms with Crippen molar-refractivity contribution in [3.63, 3.8) is 0 Å². The molecule has 0 unspecified atom stereocenters. The summed E-state index contributed by atoms with van der Waals surface area (Å²) in [4.78, 5) is 0.344. The van der Waals surface area contributed by atoms with Gasteiger partial charge < -0.3 is 11.1 Å². The minimum atomic E-state index is 0.344. The minimum Gasteiger partial charge on any atom is -0.389 e. The summed E-state index contributed by atoms with van der Waals surface area (Å²) in [5.74, 6) is 0.925. The van der Waals surface area contributed by atoms with Crippen molar-refractivity contribution in [2.45, 2.75) is 25.7 Å². The Morgan fingerprint density at radius 1 is 1.47 bits per heavy atom. The lowest BCUT2D eigenvalue weighted by Crippen LogP contribution is -2.15. The Labute approximate surface area is 113 Å². The van der Waals surface area contributed by atoms with Gasteiger partial charge in [0.1, 0.15) is 4.99 Å². The number of thiocarbonyl (C=S) groups is 1. The number of nitrogens with two attached hydrogens (primary N) is 1. The van der Waals surface area contributed by atoms with Crippen LogP contribution in [-0.4, -0.2) is 11.5 Å². The van der Waals surface area contributed by atoms with Crippen molar-refractivity contribution in [2.75, 3.05) is 11.9 Å². The molecule has 0 radical (unpaired) electrons. The summed E-state index contributed by atoms with van der Waals surface area (Å²) in [5.41, 5.74) is 7.33. The van der Waals surface area contributed by atoms with E-state index in [2.05, 4.69) is 5.32 Å². The van der Waals surface area contributed by atoms with E-state index in [0.717, 1.165) is 23.7 Å². The third kappa shape index (κ3) is 3.33. The number of hydrogen-bond donors (Lipinski definition) is 2. The Morgan fingerprint density at radius 2 is 2.24 bits per heavy atom. The predicted octanol–water partition coefficient (Wildman–Crippen LogP) is 3.58. The molecule has 1 aliphatic carbocycles. The van der Waals surface area contributed by atoms with Crippen LogP contribution in [0.2, 0.25) is 5.02 Å². The van der Waals surface area contributed by atoms with Gasteiger partial charge in [-0.1, -0.05) is 43.1 Å². The van der Waals surface area contributed by atoms with Gasteiger partial charge in [-0.15, -0.1) is 0 Å². The molecule has 0 heterocycles. The largest absolute Gasteiger partial charge is 0.389 e. The highest BCUT2D eigenvalue weighted by atomic mass is 35.5. The number of halogens is 1. The molecule has 0 aromatic heterocycles. The molecule has 4 heteroatoms. The van der Waals surface area contributed by atoms with E-state index in [4.69, 9.17) is 29.6 Å². The highest BCUT2D eigenvalue weighted by molar-refractivity contribution is 7.80. The van der Waals surface area contributed by atoms with Crippen molar-refractivity contribution in [3.05, 3.63) is 28.8 Å². The zero-order valence-electron chi connectivity index (χ0n) is 9.71. The van der Waals surface area contributed by atoms with E-state index >= 15 is 0 Å². The van der Waals surface area contributed by atoms with Crippen LogP contribution in [0, 0.1) is 5.92 Å². The summed E-state index contributed by atoms with van der Waals surface area (Å²) in [7, 11) is 0. The van der Waals surface area contributed by atoms with Crippen LogP contribution in [0.15, 0.2) is 18.2 Å². The zero-order valence-corrected chi connectivity index (χ0v) is 11.3. The summed E-state index contributed by atoms with van der Waals surface area (Å²) in [6.45, 7) is 1.01. The smallest absolute Gasteiger partial charge is 0.105 e. The Morgan fingerprint density at radius 3 is 2.76 bits per heavy atom. The maximum Gasteiger partial charge on any atom is 0.105 e. The van der Waals surface area contributed by atoms with Crippen LogP contribution in [0.1, 0.15) is 31.2 Å². The fourth-order valence-electron chi connectivity index (χ4n) is 2.03. The van der Waals surface area contributed by atoms with Crippen molar-refractivity contribution in [1.29, 1.82) is 0 Å². The molecule has 1 aromatic rings. The van der Waals surface area contributed by atoms with Gasteiger partial charge >= 0.3 is 0 Å². The maximum atomic E-state index is 6.10. The fourth-order valence-corrected chi connectivity index (χ4v) is 2.54. The molecule has 0 atom stereocenters. The maximum absolute atomic E-state index is 6.10. The van der Waals surface area contributed by atoms with Gasteiger partial charge in [-0.25, -0.2) is 0 Å². The number of rotatable bonds is 5. The molecule has 0 amide bonds. The van der Waals surface area contributed by atoms with Gasteiger partial charge in [-0.3, -0.25) is 0 Å². The van der Waals surface area contributed by atoms with Crippen molar-refractivity contribution >= 4 is 34.5 Å². The third-order valence-electron chi connectivity index (χ3n) is 3.34. The Kier molecular flexibility index (Phi) is 4.24. The van der Waals surface area contributed by atoms with E-state index < -0.39 is 0 Å². The molecule has 1 aromatic carbocycles. The minimum absolute atomic E-state index is 0.344. The Balaban J connectivity index is 1.88. The highest BCUT2D eigenvalue weighted by Crippen LogP contribution is 2.29. The average Bonchev–Trinajstić information content (AvgIpc) is 2.21. The first-order chi connectivity index (χ1) is 8.16. The molecule has 3 N–H and O–H groups in total. The first-order valence-electron chi connectivity index (χ1n) is 6.00. The van der Waals surface area contributed by atoms with E-state index in [1.165, 1.54) is 25.7 Å². The lowest BCUT2D eigenvalue weighted by molar-refractivity contribution is 0.303. The second-order valence-electron chi connectivity index (χ2n) is 4.57. The second kappa shape index (κ2) is 5.69. The molecule has 1 aliphatic rings. The molecule has 1 saturated carbocycles. The molecule has 92 valence electrons.